The van der Waals surface area contributed by atoms with E-state index in [0.29, 0.717) is 0 Å². The fraction of sp³-hybridized carbons (Fsp3) is 0.417. The highest BCUT2D eigenvalue weighted by Crippen LogP contribution is 2.25. The number of halogens is 2. The number of amides is 1. The Balaban J connectivity index is 2.73. The predicted octanol–water partition coefficient (Wildman–Crippen LogP) is 0.467. The third kappa shape index (κ3) is 4.15. The van der Waals surface area contributed by atoms with Crippen LogP contribution in [0.1, 0.15) is 25.0 Å². The van der Waals surface area contributed by atoms with Crippen molar-refractivity contribution < 1.29 is 23.8 Å². The number of carbonyl (C=O) groups excluding carboxylic acids is 1. The van der Waals surface area contributed by atoms with Gasteiger partial charge in [-0.05, 0) is 12.5 Å². The molecule has 0 saturated heterocycles. The Morgan fingerprint density at radius 1 is 1.37 bits per heavy atom. The smallest absolute Gasteiger partial charge is 0.216 e. The van der Waals surface area contributed by atoms with Crippen molar-refractivity contribution in [2.75, 3.05) is 12.3 Å². The fourth-order valence-corrected chi connectivity index (χ4v) is 1.57. The maximum Gasteiger partial charge on any atom is 0.216 e. The van der Waals surface area contributed by atoms with E-state index >= 15 is 0 Å². The van der Waals surface area contributed by atoms with Crippen molar-refractivity contribution in [2.45, 2.75) is 25.6 Å². The lowest BCUT2D eigenvalue weighted by atomic mass is 10.0. The molecule has 2 unspecified atom stereocenters. The Morgan fingerprint density at radius 3 is 2.58 bits per heavy atom. The van der Waals surface area contributed by atoms with Crippen LogP contribution in [-0.4, -0.2) is 28.8 Å². The lowest BCUT2D eigenvalue weighted by Gasteiger charge is -2.19. The number of anilines is 1. The van der Waals surface area contributed by atoms with Gasteiger partial charge in [-0.25, -0.2) is 8.78 Å². The van der Waals surface area contributed by atoms with Crippen molar-refractivity contribution in [3.05, 3.63) is 29.3 Å². The van der Waals surface area contributed by atoms with Crippen molar-refractivity contribution in [3.8, 4) is 0 Å². The van der Waals surface area contributed by atoms with Crippen LogP contribution in [0.25, 0.3) is 0 Å². The van der Waals surface area contributed by atoms with E-state index in [2.05, 4.69) is 5.32 Å². The first-order valence-electron chi connectivity index (χ1n) is 5.68. The molecule has 0 heterocycles. The van der Waals surface area contributed by atoms with Gasteiger partial charge in [-0.15, -0.1) is 0 Å². The van der Waals surface area contributed by atoms with Gasteiger partial charge in [0.1, 0.15) is 17.7 Å². The second-order valence-corrected chi connectivity index (χ2v) is 4.18. The minimum atomic E-state index is -1.59. The quantitative estimate of drug-likeness (QED) is 0.587. The first-order chi connectivity index (χ1) is 8.82. The lowest BCUT2D eigenvalue weighted by molar-refractivity contribution is -0.119. The molecule has 19 heavy (non-hydrogen) atoms. The summed E-state index contributed by atoms with van der Waals surface area (Å²) in [5.41, 5.74) is 4.43. The number of nitrogens with two attached hydrogens (primary N) is 1. The van der Waals surface area contributed by atoms with Crippen molar-refractivity contribution in [1.82, 2.24) is 5.32 Å². The molecule has 1 amide bonds. The number of hydrogen-bond donors (Lipinski definition) is 4. The summed E-state index contributed by atoms with van der Waals surface area (Å²) in [7, 11) is 0. The number of nitrogens with one attached hydrogen (secondary N) is 1. The first-order valence-corrected chi connectivity index (χ1v) is 5.68. The molecule has 0 spiro atoms. The summed E-state index contributed by atoms with van der Waals surface area (Å²) in [6.45, 7) is 1.42. The molecule has 1 aromatic carbocycles. The number of aliphatic hydroxyl groups is 2. The Bertz CT molecular complexity index is 469. The standard InChI is InChI=1S/C12H16F2N2O3/c1-6(17)16-3-2-11(18)12(19)7-4-9(14)10(15)5-8(7)13/h4-5,11-12,18-19H,2-3,15H2,1H3,(H,16,17). The molecule has 0 saturated carbocycles. The zero-order valence-corrected chi connectivity index (χ0v) is 10.4. The van der Waals surface area contributed by atoms with Crippen LogP contribution < -0.4 is 11.1 Å². The maximum absolute atomic E-state index is 13.5. The van der Waals surface area contributed by atoms with E-state index in [4.69, 9.17) is 5.73 Å². The number of carbonyl (C=O) groups is 1. The molecule has 5 N–H and O–H groups in total. The van der Waals surface area contributed by atoms with Gasteiger partial charge in [0.25, 0.3) is 0 Å². The van der Waals surface area contributed by atoms with Gasteiger partial charge >= 0.3 is 0 Å². The van der Waals surface area contributed by atoms with Gasteiger partial charge in [0.05, 0.1) is 11.8 Å². The van der Waals surface area contributed by atoms with Gasteiger partial charge in [0, 0.05) is 25.1 Å². The summed E-state index contributed by atoms with van der Waals surface area (Å²) in [6.07, 6.45) is -2.92. The third-order valence-electron chi connectivity index (χ3n) is 2.61. The second-order valence-electron chi connectivity index (χ2n) is 4.18. The van der Waals surface area contributed by atoms with E-state index in [1.165, 1.54) is 6.92 Å². The van der Waals surface area contributed by atoms with Crippen LogP contribution in [-0.2, 0) is 4.79 Å². The van der Waals surface area contributed by atoms with Crippen molar-refractivity contribution in [1.29, 1.82) is 0 Å². The average Bonchev–Trinajstić information content (AvgIpc) is 2.32. The fourth-order valence-electron chi connectivity index (χ4n) is 1.57. The van der Waals surface area contributed by atoms with Gasteiger partial charge < -0.3 is 21.3 Å². The van der Waals surface area contributed by atoms with Gasteiger partial charge in [-0.2, -0.15) is 0 Å². The zero-order valence-electron chi connectivity index (χ0n) is 10.4. The normalized spacial score (nSPS) is 13.9. The number of hydrogen-bond acceptors (Lipinski definition) is 4. The molecule has 0 aliphatic heterocycles. The van der Waals surface area contributed by atoms with E-state index in [0.717, 1.165) is 12.1 Å². The van der Waals surface area contributed by atoms with E-state index < -0.39 is 23.8 Å². The highest BCUT2D eigenvalue weighted by Gasteiger charge is 2.22. The minimum Gasteiger partial charge on any atom is -0.396 e. The van der Waals surface area contributed by atoms with Crippen LogP contribution in [0.4, 0.5) is 14.5 Å². The van der Waals surface area contributed by atoms with Crippen molar-refractivity contribution in [2.24, 2.45) is 0 Å². The zero-order chi connectivity index (χ0) is 14.6. The van der Waals surface area contributed by atoms with E-state index in [1.54, 1.807) is 0 Å². The van der Waals surface area contributed by atoms with Crippen molar-refractivity contribution >= 4 is 11.6 Å². The van der Waals surface area contributed by atoms with Crippen LogP contribution in [0.5, 0.6) is 0 Å². The van der Waals surface area contributed by atoms with Crippen LogP contribution in [0.2, 0.25) is 0 Å². The number of benzene rings is 1. The second kappa shape index (κ2) is 6.44. The van der Waals surface area contributed by atoms with Crippen LogP contribution in [0.15, 0.2) is 12.1 Å². The monoisotopic (exact) mass is 274 g/mol. The Kier molecular flexibility index (Phi) is 5.20. The van der Waals surface area contributed by atoms with Crippen LogP contribution in [0, 0.1) is 11.6 Å². The topological polar surface area (TPSA) is 95.6 Å². The first kappa shape index (κ1) is 15.3. The summed E-state index contributed by atoms with van der Waals surface area (Å²) < 4.78 is 26.7. The number of aliphatic hydroxyl groups excluding tert-OH is 2. The molecule has 0 fully saturated rings. The molecule has 5 nitrogen and oxygen atoms in total. The molecule has 0 aliphatic rings. The maximum atomic E-state index is 13.5. The molecule has 1 aromatic rings. The molecule has 0 aromatic heterocycles. The van der Waals surface area contributed by atoms with E-state index in [9.17, 15) is 23.8 Å². The van der Waals surface area contributed by atoms with Gasteiger partial charge in [0.15, 0.2) is 0 Å². The highest BCUT2D eigenvalue weighted by atomic mass is 19.1. The Hall–Kier alpha value is -1.73. The summed E-state index contributed by atoms with van der Waals surface area (Å²) in [6, 6.07) is 1.49. The minimum absolute atomic E-state index is 0.00613. The van der Waals surface area contributed by atoms with E-state index in [-0.39, 0.29) is 30.1 Å². The molecule has 106 valence electrons. The number of rotatable bonds is 5. The summed E-state index contributed by atoms with van der Waals surface area (Å²) in [4.78, 5) is 10.6. The average molecular weight is 274 g/mol. The SMILES string of the molecule is CC(=O)NCCC(O)C(O)c1cc(F)c(N)cc1F. The van der Waals surface area contributed by atoms with Gasteiger partial charge in [-0.3, -0.25) is 4.79 Å². The molecule has 7 heteroatoms. The lowest BCUT2D eigenvalue weighted by Crippen LogP contribution is -2.28. The summed E-state index contributed by atoms with van der Waals surface area (Å²) >= 11 is 0. The molecular formula is C12H16F2N2O3. The van der Waals surface area contributed by atoms with Crippen LogP contribution >= 0.6 is 0 Å². The van der Waals surface area contributed by atoms with Crippen LogP contribution in [0.3, 0.4) is 0 Å². The number of nitrogen functional groups attached to an aromatic ring is 1. The molecule has 2 atom stereocenters. The highest BCUT2D eigenvalue weighted by molar-refractivity contribution is 5.72. The molecule has 0 radical (unpaired) electrons. The van der Waals surface area contributed by atoms with E-state index in [1.807, 2.05) is 0 Å². The largest absolute Gasteiger partial charge is 0.396 e. The van der Waals surface area contributed by atoms with Gasteiger partial charge in [0.2, 0.25) is 5.91 Å². The third-order valence-corrected chi connectivity index (χ3v) is 2.61. The summed E-state index contributed by atoms with van der Waals surface area (Å²) in [5, 5.41) is 21.8. The molecular weight excluding hydrogens is 258 g/mol. The molecule has 0 aliphatic carbocycles. The van der Waals surface area contributed by atoms with Crippen molar-refractivity contribution in [3.63, 3.8) is 0 Å². The van der Waals surface area contributed by atoms with Gasteiger partial charge in [-0.1, -0.05) is 0 Å². The molecule has 0 bridgehead atoms. The Labute approximate surface area is 109 Å². The Morgan fingerprint density at radius 2 is 2.00 bits per heavy atom. The predicted molar refractivity (Wildman–Crippen MR) is 65.0 cm³/mol. The summed E-state index contributed by atoms with van der Waals surface area (Å²) in [5.74, 6) is -2.05. The molecule has 1 rings (SSSR count).